The largest absolute Gasteiger partial charge is 0.338 e. The average molecular weight is 398 g/mol. The number of nitriles is 1. The van der Waals surface area contributed by atoms with Crippen LogP contribution in [0.4, 0.5) is 10.7 Å². The van der Waals surface area contributed by atoms with Gasteiger partial charge in [-0.1, -0.05) is 6.07 Å². The summed E-state index contributed by atoms with van der Waals surface area (Å²) in [6, 6.07) is 7.38. The smallest absolute Gasteiger partial charge is 0.270 e. The van der Waals surface area contributed by atoms with Crippen LogP contribution in [0.5, 0.6) is 0 Å². The number of piperidine rings is 1. The van der Waals surface area contributed by atoms with Crippen molar-refractivity contribution < 1.29 is 14.5 Å². The highest BCUT2D eigenvalue weighted by molar-refractivity contribution is 7.18. The van der Waals surface area contributed by atoms with Gasteiger partial charge in [-0.05, 0) is 37.8 Å². The summed E-state index contributed by atoms with van der Waals surface area (Å²) in [6.07, 6.45) is 3.01. The Morgan fingerprint density at radius 3 is 2.64 bits per heavy atom. The first-order valence-corrected chi connectivity index (χ1v) is 9.62. The highest BCUT2D eigenvalue weighted by atomic mass is 32.1. The molecule has 0 radical (unpaired) electrons. The van der Waals surface area contributed by atoms with Crippen LogP contribution in [0.3, 0.4) is 0 Å². The van der Waals surface area contributed by atoms with Crippen molar-refractivity contribution in [2.45, 2.75) is 26.2 Å². The van der Waals surface area contributed by atoms with E-state index in [0.717, 1.165) is 30.6 Å². The van der Waals surface area contributed by atoms with Crippen molar-refractivity contribution in [1.82, 2.24) is 4.90 Å². The van der Waals surface area contributed by atoms with Gasteiger partial charge < -0.3 is 10.2 Å². The lowest BCUT2D eigenvalue weighted by Crippen LogP contribution is -2.35. The number of benzene rings is 1. The Kier molecular flexibility index (Phi) is 5.70. The lowest BCUT2D eigenvalue weighted by Gasteiger charge is -2.26. The molecule has 2 heterocycles. The zero-order valence-electron chi connectivity index (χ0n) is 15.2. The van der Waals surface area contributed by atoms with Crippen LogP contribution in [0.1, 0.15) is 50.4 Å². The predicted octanol–water partition coefficient (Wildman–Crippen LogP) is 3.71. The first-order chi connectivity index (χ1) is 13.4. The van der Waals surface area contributed by atoms with Gasteiger partial charge in [0.1, 0.15) is 11.1 Å². The van der Waals surface area contributed by atoms with E-state index in [2.05, 4.69) is 5.32 Å². The van der Waals surface area contributed by atoms with Crippen molar-refractivity contribution in [2.75, 3.05) is 18.4 Å². The molecule has 0 spiro atoms. The van der Waals surface area contributed by atoms with Gasteiger partial charge in [-0.15, -0.1) is 11.3 Å². The van der Waals surface area contributed by atoms with Gasteiger partial charge in [-0.25, -0.2) is 0 Å². The quantitative estimate of drug-likeness (QED) is 0.622. The molecule has 0 saturated carbocycles. The number of thiophene rings is 1. The molecule has 0 bridgehead atoms. The molecule has 1 saturated heterocycles. The van der Waals surface area contributed by atoms with Crippen molar-refractivity contribution in [2.24, 2.45) is 0 Å². The molecule has 3 rings (SSSR count). The Hall–Kier alpha value is -3.25. The number of likely N-dealkylation sites (tertiary alicyclic amines) is 1. The number of non-ortho nitro benzene ring substituents is 1. The molecule has 1 aliphatic heterocycles. The van der Waals surface area contributed by atoms with Crippen molar-refractivity contribution in [3.05, 3.63) is 55.9 Å². The fraction of sp³-hybridized carbons (Fsp3) is 0.316. The number of nitrogens with zero attached hydrogens (tertiary/aromatic N) is 3. The van der Waals surface area contributed by atoms with E-state index >= 15 is 0 Å². The zero-order chi connectivity index (χ0) is 20.3. The molecule has 1 fully saturated rings. The minimum Gasteiger partial charge on any atom is -0.338 e. The predicted molar refractivity (Wildman–Crippen MR) is 105 cm³/mol. The van der Waals surface area contributed by atoms with E-state index in [1.165, 1.54) is 24.3 Å². The second-order valence-electron chi connectivity index (χ2n) is 6.49. The fourth-order valence-electron chi connectivity index (χ4n) is 3.12. The molecule has 2 amide bonds. The standard InChI is InChI=1S/C19H18N4O4S/c1-12-15(11-20)18(28-16(12)19(25)22-8-3-2-4-9-22)21-17(24)13-6-5-7-14(10-13)23(26)27/h5-7,10H,2-4,8-9H2,1H3,(H,21,24). The molecule has 2 aromatic rings. The number of rotatable bonds is 4. The molecule has 28 heavy (non-hydrogen) atoms. The third-order valence-electron chi connectivity index (χ3n) is 4.64. The maximum Gasteiger partial charge on any atom is 0.270 e. The number of hydrogen-bond donors (Lipinski definition) is 1. The lowest BCUT2D eigenvalue weighted by atomic mass is 10.1. The van der Waals surface area contributed by atoms with Gasteiger partial charge in [0.15, 0.2) is 0 Å². The number of anilines is 1. The van der Waals surface area contributed by atoms with E-state index in [0.29, 0.717) is 23.5 Å². The van der Waals surface area contributed by atoms with Gasteiger partial charge in [0.25, 0.3) is 17.5 Å². The summed E-state index contributed by atoms with van der Waals surface area (Å²) in [4.78, 5) is 37.9. The molecule has 1 aromatic carbocycles. The Balaban J connectivity index is 1.87. The SMILES string of the molecule is Cc1c(C(=O)N2CCCCC2)sc(NC(=O)c2cccc([N+](=O)[O-])c2)c1C#N. The number of nitro benzene ring substituents is 1. The molecule has 1 aromatic heterocycles. The van der Waals surface area contributed by atoms with Gasteiger partial charge in [0, 0.05) is 30.8 Å². The van der Waals surface area contributed by atoms with Crippen LogP contribution in [-0.4, -0.2) is 34.7 Å². The summed E-state index contributed by atoms with van der Waals surface area (Å²) in [5, 5.41) is 23.3. The van der Waals surface area contributed by atoms with Crippen molar-refractivity contribution in [3.63, 3.8) is 0 Å². The average Bonchev–Trinajstić information content (AvgIpc) is 3.03. The number of nitro groups is 1. The van der Waals surface area contributed by atoms with Crippen LogP contribution in [0.2, 0.25) is 0 Å². The van der Waals surface area contributed by atoms with E-state index in [4.69, 9.17) is 0 Å². The second-order valence-corrected chi connectivity index (χ2v) is 7.51. The van der Waals surface area contributed by atoms with Gasteiger partial charge in [-0.2, -0.15) is 5.26 Å². The third-order valence-corrected chi connectivity index (χ3v) is 5.84. The number of carbonyl (C=O) groups excluding carboxylic acids is 2. The summed E-state index contributed by atoms with van der Waals surface area (Å²) < 4.78 is 0. The number of carbonyl (C=O) groups is 2. The van der Waals surface area contributed by atoms with Crippen molar-refractivity contribution in [1.29, 1.82) is 5.26 Å². The summed E-state index contributed by atoms with van der Waals surface area (Å²) in [6.45, 7) is 3.07. The third kappa shape index (κ3) is 3.87. The summed E-state index contributed by atoms with van der Waals surface area (Å²) in [7, 11) is 0. The lowest BCUT2D eigenvalue weighted by molar-refractivity contribution is -0.384. The molecule has 0 unspecified atom stereocenters. The minimum absolute atomic E-state index is 0.105. The number of nitrogens with one attached hydrogen (secondary N) is 1. The molecule has 1 N–H and O–H groups in total. The van der Waals surface area contributed by atoms with Gasteiger partial charge >= 0.3 is 0 Å². The fourth-order valence-corrected chi connectivity index (χ4v) is 4.24. The monoisotopic (exact) mass is 398 g/mol. The van der Waals surface area contributed by atoms with Crippen LogP contribution in [0.15, 0.2) is 24.3 Å². The van der Waals surface area contributed by atoms with E-state index < -0.39 is 10.8 Å². The van der Waals surface area contributed by atoms with Crippen LogP contribution in [-0.2, 0) is 0 Å². The Labute approximate surface area is 165 Å². The molecule has 1 aliphatic rings. The number of hydrogen-bond acceptors (Lipinski definition) is 6. The van der Waals surface area contributed by atoms with Crippen LogP contribution >= 0.6 is 11.3 Å². The highest BCUT2D eigenvalue weighted by Gasteiger charge is 2.26. The molecule has 0 atom stereocenters. The topological polar surface area (TPSA) is 116 Å². The first kappa shape index (κ1) is 19.5. The Bertz CT molecular complexity index is 986. The van der Waals surface area contributed by atoms with E-state index in [1.54, 1.807) is 11.8 Å². The maximum atomic E-state index is 12.8. The second kappa shape index (κ2) is 8.19. The van der Waals surface area contributed by atoms with E-state index in [1.807, 2.05) is 6.07 Å². The first-order valence-electron chi connectivity index (χ1n) is 8.81. The summed E-state index contributed by atoms with van der Waals surface area (Å²) in [5.74, 6) is -0.701. The van der Waals surface area contributed by atoms with Gasteiger partial charge in [0.2, 0.25) is 0 Å². The highest BCUT2D eigenvalue weighted by Crippen LogP contribution is 2.34. The summed E-state index contributed by atoms with van der Waals surface area (Å²) in [5.41, 5.74) is 0.686. The maximum absolute atomic E-state index is 12.8. The van der Waals surface area contributed by atoms with Gasteiger partial charge in [0.05, 0.1) is 15.4 Å². The van der Waals surface area contributed by atoms with Crippen LogP contribution < -0.4 is 5.32 Å². The van der Waals surface area contributed by atoms with Crippen molar-refractivity contribution >= 4 is 33.8 Å². The minimum atomic E-state index is -0.581. The number of amides is 2. The normalized spacial score (nSPS) is 13.6. The zero-order valence-corrected chi connectivity index (χ0v) is 16.0. The summed E-state index contributed by atoms with van der Waals surface area (Å²) >= 11 is 1.07. The van der Waals surface area contributed by atoms with E-state index in [9.17, 15) is 25.0 Å². The van der Waals surface area contributed by atoms with Crippen LogP contribution in [0, 0.1) is 28.4 Å². The molecule has 144 valence electrons. The molecule has 0 aliphatic carbocycles. The van der Waals surface area contributed by atoms with E-state index in [-0.39, 0.29) is 27.7 Å². The van der Waals surface area contributed by atoms with Crippen LogP contribution in [0.25, 0.3) is 0 Å². The van der Waals surface area contributed by atoms with Crippen molar-refractivity contribution in [3.8, 4) is 6.07 Å². The Morgan fingerprint density at radius 1 is 1.29 bits per heavy atom. The molecular formula is C19H18N4O4S. The Morgan fingerprint density at radius 2 is 2.00 bits per heavy atom. The van der Waals surface area contributed by atoms with Gasteiger partial charge in [-0.3, -0.25) is 19.7 Å². The molecule has 9 heteroatoms. The molecule has 8 nitrogen and oxygen atoms in total. The molecular weight excluding hydrogens is 380 g/mol.